The van der Waals surface area contributed by atoms with Crippen LogP contribution in [0.3, 0.4) is 0 Å². The molecule has 0 amide bonds. The summed E-state index contributed by atoms with van der Waals surface area (Å²) in [6.07, 6.45) is 0. The molecule has 0 aliphatic rings. The van der Waals surface area contributed by atoms with Crippen molar-refractivity contribution in [3.63, 3.8) is 0 Å². The fraction of sp³-hybridized carbons (Fsp3) is 0.667. The Morgan fingerprint density at radius 1 is 1.24 bits per heavy atom. The van der Waals surface area contributed by atoms with E-state index in [-0.39, 0.29) is 16.6 Å². The second-order valence-corrected chi connectivity index (χ2v) is 6.25. The predicted molar refractivity (Wildman–Crippen MR) is 67.3 cm³/mol. The maximum Gasteiger partial charge on any atom is 0.356 e. The Morgan fingerprint density at radius 2 is 1.71 bits per heavy atom. The molecule has 0 atom stereocenters. The van der Waals surface area contributed by atoms with Gasteiger partial charge in [0.25, 0.3) is 0 Å². The summed E-state index contributed by atoms with van der Waals surface area (Å²) in [6, 6.07) is 0. The fourth-order valence-electron chi connectivity index (χ4n) is 1.83. The number of carboxylic acids is 1. The van der Waals surface area contributed by atoms with Crippen LogP contribution in [0.5, 0.6) is 0 Å². The molecule has 0 aliphatic carbocycles. The zero-order valence-electron chi connectivity index (χ0n) is 11.3. The first kappa shape index (κ1) is 13.5. The first-order valence-corrected chi connectivity index (χ1v) is 5.59. The predicted octanol–water partition coefficient (Wildman–Crippen LogP) is 2.22. The minimum Gasteiger partial charge on any atom is -0.476 e. The highest BCUT2D eigenvalue weighted by Gasteiger charge is 2.32. The quantitative estimate of drug-likeness (QED) is 0.787. The maximum absolute atomic E-state index is 11.2. The normalized spacial score (nSPS) is 12.8. The number of nitrogens with two attached hydrogens (primary N) is 1. The molecule has 0 aromatic carbocycles. The molecule has 0 spiro atoms. The van der Waals surface area contributed by atoms with Gasteiger partial charge in [0.2, 0.25) is 0 Å². The minimum absolute atomic E-state index is 0.0462. The zero-order valence-corrected chi connectivity index (χ0v) is 11.3. The lowest BCUT2D eigenvalue weighted by molar-refractivity contribution is 0.0686. The third-order valence-corrected chi connectivity index (χ3v) is 2.51. The van der Waals surface area contributed by atoms with E-state index in [2.05, 4.69) is 5.10 Å². The smallest absolute Gasteiger partial charge is 0.356 e. The lowest BCUT2D eigenvalue weighted by atomic mass is 9.86. The Balaban J connectivity index is 3.59. The van der Waals surface area contributed by atoms with Gasteiger partial charge in [-0.2, -0.15) is 5.10 Å². The van der Waals surface area contributed by atoms with Crippen LogP contribution in [-0.4, -0.2) is 20.9 Å². The molecule has 0 saturated heterocycles. The Morgan fingerprint density at radius 3 is 1.94 bits per heavy atom. The third kappa shape index (κ3) is 2.43. The van der Waals surface area contributed by atoms with Gasteiger partial charge in [0.05, 0.1) is 5.54 Å². The average Bonchev–Trinajstić information content (AvgIpc) is 2.40. The van der Waals surface area contributed by atoms with Crippen molar-refractivity contribution in [1.82, 2.24) is 9.78 Å². The van der Waals surface area contributed by atoms with Gasteiger partial charge in [0.1, 0.15) is 5.82 Å². The van der Waals surface area contributed by atoms with E-state index in [1.165, 1.54) is 0 Å². The minimum atomic E-state index is -1.04. The lowest BCUT2D eigenvalue weighted by Crippen LogP contribution is -2.25. The van der Waals surface area contributed by atoms with Gasteiger partial charge in [-0.25, -0.2) is 9.48 Å². The molecule has 1 aromatic rings. The number of hydrogen-bond acceptors (Lipinski definition) is 3. The van der Waals surface area contributed by atoms with Crippen LogP contribution >= 0.6 is 0 Å². The van der Waals surface area contributed by atoms with Gasteiger partial charge < -0.3 is 10.8 Å². The number of nitrogens with zero attached hydrogens (tertiary/aromatic N) is 2. The molecule has 0 radical (unpaired) electrons. The molecule has 5 nitrogen and oxygen atoms in total. The van der Waals surface area contributed by atoms with Crippen molar-refractivity contribution >= 4 is 11.8 Å². The highest BCUT2D eigenvalue weighted by atomic mass is 16.4. The van der Waals surface area contributed by atoms with E-state index in [1.807, 2.05) is 41.5 Å². The van der Waals surface area contributed by atoms with E-state index >= 15 is 0 Å². The Labute approximate surface area is 102 Å². The second kappa shape index (κ2) is 3.75. The van der Waals surface area contributed by atoms with E-state index < -0.39 is 5.97 Å². The molecule has 3 N–H and O–H groups in total. The van der Waals surface area contributed by atoms with Crippen molar-refractivity contribution < 1.29 is 9.90 Å². The van der Waals surface area contributed by atoms with Crippen LogP contribution in [0.4, 0.5) is 5.82 Å². The topological polar surface area (TPSA) is 81.1 Å². The maximum atomic E-state index is 11.2. The van der Waals surface area contributed by atoms with E-state index in [0.717, 1.165) is 0 Å². The number of anilines is 1. The zero-order chi connectivity index (χ0) is 13.6. The molecule has 0 saturated carbocycles. The summed E-state index contributed by atoms with van der Waals surface area (Å²) in [5, 5.41) is 13.3. The third-order valence-electron chi connectivity index (χ3n) is 2.51. The first-order valence-electron chi connectivity index (χ1n) is 5.59. The van der Waals surface area contributed by atoms with Gasteiger partial charge in [-0.15, -0.1) is 0 Å². The molecule has 1 aromatic heterocycles. The summed E-state index contributed by atoms with van der Waals surface area (Å²) in [5.74, 6) is -0.605. The van der Waals surface area contributed by atoms with Crippen LogP contribution in [0.1, 0.15) is 57.6 Å². The SMILES string of the molecule is CC(C)(C)c1c(C(=O)O)nn(C(C)(C)C)c1N. The average molecular weight is 239 g/mol. The number of aromatic carboxylic acids is 1. The van der Waals surface area contributed by atoms with Crippen LogP contribution < -0.4 is 5.73 Å². The van der Waals surface area contributed by atoms with Gasteiger partial charge in [-0.1, -0.05) is 20.8 Å². The summed E-state index contributed by atoms with van der Waals surface area (Å²) in [5.41, 5.74) is 6.01. The molecule has 0 fully saturated rings. The number of carbonyl (C=O) groups is 1. The molecule has 5 heteroatoms. The number of nitrogen functional groups attached to an aromatic ring is 1. The molecule has 1 heterocycles. The molecule has 0 bridgehead atoms. The van der Waals surface area contributed by atoms with Crippen LogP contribution in [0, 0.1) is 0 Å². The number of carboxylic acid groups (broad SMARTS) is 1. The molecule has 96 valence electrons. The van der Waals surface area contributed by atoms with Gasteiger partial charge in [-0.05, 0) is 26.2 Å². The first-order chi connectivity index (χ1) is 7.46. The van der Waals surface area contributed by atoms with Crippen molar-refractivity contribution in [1.29, 1.82) is 0 Å². The standard InChI is InChI=1S/C12H21N3O2/c1-11(2,3)7-8(10(16)17)14-15(9(7)13)12(4,5)6/h13H2,1-6H3,(H,16,17). The van der Waals surface area contributed by atoms with E-state index in [4.69, 9.17) is 5.73 Å². The molecular formula is C12H21N3O2. The molecule has 1 rings (SSSR count). The van der Waals surface area contributed by atoms with Gasteiger partial charge in [0.15, 0.2) is 5.69 Å². The highest BCUT2D eigenvalue weighted by molar-refractivity contribution is 5.89. The van der Waals surface area contributed by atoms with Crippen molar-refractivity contribution in [2.24, 2.45) is 0 Å². The Bertz CT molecular complexity index is 448. The van der Waals surface area contributed by atoms with E-state index in [9.17, 15) is 9.90 Å². The van der Waals surface area contributed by atoms with Crippen molar-refractivity contribution in [3.8, 4) is 0 Å². The van der Waals surface area contributed by atoms with E-state index in [1.54, 1.807) is 4.68 Å². The van der Waals surface area contributed by atoms with Gasteiger partial charge in [-0.3, -0.25) is 0 Å². The van der Waals surface area contributed by atoms with Crippen LogP contribution in [0.2, 0.25) is 0 Å². The summed E-state index contributed by atoms with van der Waals surface area (Å²) >= 11 is 0. The molecule has 0 unspecified atom stereocenters. The van der Waals surface area contributed by atoms with Gasteiger partial charge >= 0.3 is 5.97 Å². The van der Waals surface area contributed by atoms with Crippen molar-refractivity contribution in [2.75, 3.05) is 5.73 Å². The summed E-state index contributed by atoms with van der Waals surface area (Å²) in [7, 11) is 0. The molecule has 0 aliphatic heterocycles. The van der Waals surface area contributed by atoms with Crippen molar-refractivity contribution in [3.05, 3.63) is 11.3 Å². The highest BCUT2D eigenvalue weighted by Crippen LogP contribution is 2.33. The monoisotopic (exact) mass is 239 g/mol. The number of aromatic nitrogens is 2. The van der Waals surface area contributed by atoms with E-state index in [0.29, 0.717) is 11.4 Å². The van der Waals surface area contributed by atoms with Crippen LogP contribution in [0.25, 0.3) is 0 Å². The lowest BCUT2D eigenvalue weighted by Gasteiger charge is -2.23. The van der Waals surface area contributed by atoms with Crippen LogP contribution in [-0.2, 0) is 11.0 Å². The summed E-state index contributed by atoms with van der Waals surface area (Å²) < 4.78 is 1.58. The number of rotatable bonds is 1. The number of hydrogen-bond donors (Lipinski definition) is 2. The molecular weight excluding hydrogens is 218 g/mol. The Hall–Kier alpha value is -1.52. The summed E-state index contributed by atoms with van der Waals surface area (Å²) in [6.45, 7) is 11.6. The van der Waals surface area contributed by atoms with Crippen LogP contribution in [0.15, 0.2) is 0 Å². The summed E-state index contributed by atoms with van der Waals surface area (Å²) in [4.78, 5) is 11.2. The van der Waals surface area contributed by atoms with Gasteiger partial charge in [0, 0.05) is 5.56 Å². The Kier molecular flexibility index (Phi) is 2.99. The second-order valence-electron chi connectivity index (χ2n) is 6.25. The fourth-order valence-corrected chi connectivity index (χ4v) is 1.83. The molecule has 17 heavy (non-hydrogen) atoms. The largest absolute Gasteiger partial charge is 0.476 e. The van der Waals surface area contributed by atoms with Crippen molar-refractivity contribution in [2.45, 2.75) is 52.5 Å².